The van der Waals surface area contributed by atoms with Gasteiger partial charge < -0.3 is 19.5 Å². The van der Waals surface area contributed by atoms with Crippen molar-refractivity contribution in [2.45, 2.75) is 32.2 Å². The lowest BCUT2D eigenvalue weighted by Gasteiger charge is -2.32. The summed E-state index contributed by atoms with van der Waals surface area (Å²) in [5.74, 6) is 1.82. The molecule has 3 rings (SSSR count). The number of piperidine rings is 1. The van der Waals surface area contributed by atoms with E-state index in [0.29, 0.717) is 18.4 Å². The molecule has 1 atom stereocenters. The van der Waals surface area contributed by atoms with E-state index in [4.69, 9.17) is 9.26 Å². The van der Waals surface area contributed by atoms with Crippen molar-refractivity contribution >= 4 is 6.03 Å². The number of rotatable bonds is 6. The number of hydrogen-bond donors (Lipinski definition) is 1. The van der Waals surface area contributed by atoms with Crippen LogP contribution >= 0.6 is 0 Å². The minimum absolute atomic E-state index is 0.0675. The standard InChI is InChI=1S/C17H26N6O3/c1-12-19-16(21-26-12)10-13-5-8-23(9-6-13)17(24)20-14(11-25-3)15-4-7-18-22(15)2/h4,7,13-14H,5-6,8-11H2,1-3H3,(H,20,24). The number of amides is 2. The van der Waals surface area contributed by atoms with Crippen molar-refractivity contribution in [1.29, 1.82) is 0 Å². The maximum absolute atomic E-state index is 12.6. The number of carbonyl (C=O) groups excluding carboxylic acids is 1. The van der Waals surface area contributed by atoms with Crippen LogP contribution in [0.1, 0.15) is 36.3 Å². The lowest BCUT2D eigenvalue weighted by Crippen LogP contribution is -2.46. The van der Waals surface area contributed by atoms with Crippen LogP contribution in [-0.2, 0) is 18.2 Å². The number of likely N-dealkylation sites (tertiary alicyclic amines) is 1. The van der Waals surface area contributed by atoms with E-state index in [0.717, 1.165) is 43.9 Å². The van der Waals surface area contributed by atoms with Gasteiger partial charge in [0.05, 0.1) is 18.3 Å². The zero-order valence-electron chi connectivity index (χ0n) is 15.5. The number of aryl methyl sites for hydroxylation is 2. The fourth-order valence-electron chi connectivity index (χ4n) is 3.36. The predicted octanol–water partition coefficient (Wildman–Crippen LogP) is 1.46. The molecule has 0 bridgehead atoms. The summed E-state index contributed by atoms with van der Waals surface area (Å²) in [7, 11) is 3.48. The second-order valence-electron chi connectivity index (χ2n) is 6.70. The normalized spacial score (nSPS) is 16.7. The van der Waals surface area contributed by atoms with E-state index in [1.165, 1.54) is 0 Å². The molecule has 0 aliphatic carbocycles. The Morgan fingerprint density at radius 1 is 1.46 bits per heavy atom. The fourth-order valence-corrected chi connectivity index (χ4v) is 3.36. The summed E-state index contributed by atoms with van der Waals surface area (Å²) in [6.45, 7) is 3.64. The maximum atomic E-state index is 12.6. The van der Waals surface area contributed by atoms with Gasteiger partial charge in [0.25, 0.3) is 0 Å². The van der Waals surface area contributed by atoms with E-state index in [1.807, 2.05) is 18.0 Å². The molecule has 26 heavy (non-hydrogen) atoms. The van der Waals surface area contributed by atoms with Crippen molar-refractivity contribution in [3.8, 4) is 0 Å². The zero-order valence-corrected chi connectivity index (χ0v) is 15.5. The lowest BCUT2D eigenvalue weighted by atomic mass is 9.93. The molecule has 2 aromatic rings. The van der Waals surface area contributed by atoms with Crippen molar-refractivity contribution in [2.24, 2.45) is 13.0 Å². The molecular weight excluding hydrogens is 336 g/mol. The molecule has 1 aliphatic rings. The number of urea groups is 1. The van der Waals surface area contributed by atoms with Crippen LogP contribution < -0.4 is 5.32 Å². The molecule has 142 valence electrons. The van der Waals surface area contributed by atoms with Crippen molar-refractivity contribution in [2.75, 3.05) is 26.8 Å². The summed E-state index contributed by atoms with van der Waals surface area (Å²) in [5, 5.41) is 11.2. The first-order valence-corrected chi connectivity index (χ1v) is 8.88. The van der Waals surface area contributed by atoms with Gasteiger partial charge in [-0.3, -0.25) is 4.68 Å². The van der Waals surface area contributed by atoms with E-state index >= 15 is 0 Å². The molecule has 1 aliphatic heterocycles. The first-order valence-electron chi connectivity index (χ1n) is 8.88. The summed E-state index contributed by atoms with van der Waals surface area (Å²) < 4.78 is 12.0. The summed E-state index contributed by atoms with van der Waals surface area (Å²) in [5.41, 5.74) is 0.919. The molecule has 1 unspecified atom stereocenters. The van der Waals surface area contributed by atoms with Crippen LogP contribution in [-0.4, -0.2) is 57.7 Å². The Balaban J connectivity index is 1.51. The van der Waals surface area contributed by atoms with Crippen LogP contribution in [0, 0.1) is 12.8 Å². The fraction of sp³-hybridized carbons (Fsp3) is 0.647. The van der Waals surface area contributed by atoms with Gasteiger partial charge in [-0.15, -0.1) is 0 Å². The Labute approximate surface area is 152 Å². The smallest absolute Gasteiger partial charge is 0.318 e. The van der Waals surface area contributed by atoms with Crippen LogP contribution in [0.15, 0.2) is 16.8 Å². The Morgan fingerprint density at radius 3 is 2.81 bits per heavy atom. The minimum Gasteiger partial charge on any atom is -0.382 e. The molecule has 9 nitrogen and oxygen atoms in total. The number of carbonyl (C=O) groups is 1. The van der Waals surface area contributed by atoms with Gasteiger partial charge in [0.2, 0.25) is 5.89 Å². The second kappa shape index (κ2) is 8.31. The van der Waals surface area contributed by atoms with Crippen LogP contribution in [0.4, 0.5) is 4.79 Å². The third kappa shape index (κ3) is 4.40. The molecule has 1 N–H and O–H groups in total. The Hall–Kier alpha value is -2.42. The number of methoxy groups -OCH3 is 1. The summed E-state index contributed by atoms with van der Waals surface area (Å²) >= 11 is 0. The van der Waals surface area contributed by atoms with Gasteiger partial charge in [-0.2, -0.15) is 10.1 Å². The van der Waals surface area contributed by atoms with E-state index in [1.54, 1.807) is 24.9 Å². The van der Waals surface area contributed by atoms with Crippen molar-refractivity contribution in [1.82, 2.24) is 30.1 Å². The number of hydrogen-bond acceptors (Lipinski definition) is 6. The average molecular weight is 362 g/mol. The Morgan fingerprint density at radius 2 is 2.23 bits per heavy atom. The molecule has 9 heteroatoms. The van der Waals surface area contributed by atoms with Gasteiger partial charge in [0.15, 0.2) is 5.82 Å². The molecule has 0 radical (unpaired) electrons. The largest absolute Gasteiger partial charge is 0.382 e. The highest BCUT2D eigenvalue weighted by molar-refractivity contribution is 5.74. The number of aromatic nitrogens is 4. The van der Waals surface area contributed by atoms with Crippen LogP contribution in [0.3, 0.4) is 0 Å². The van der Waals surface area contributed by atoms with Gasteiger partial charge in [0, 0.05) is 46.8 Å². The first-order chi connectivity index (χ1) is 12.6. The number of nitrogens with one attached hydrogen (secondary N) is 1. The molecular formula is C17H26N6O3. The Bertz CT molecular complexity index is 720. The van der Waals surface area contributed by atoms with Crippen molar-refractivity contribution < 1.29 is 14.1 Å². The third-order valence-electron chi connectivity index (χ3n) is 4.79. The minimum atomic E-state index is -0.222. The highest BCUT2D eigenvalue weighted by Gasteiger charge is 2.26. The van der Waals surface area contributed by atoms with Gasteiger partial charge in [-0.1, -0.05) is 5.16 Å². The Kier molecular flexibility index (Phi) is 5.87. The van der Waals surface area contributed by atoms with Crippen LogP contribution in [0.25, 0.3) is 0 Å². The van der Waals surface area contributed by atoms with Gasteiger partial charge >= 0.3 is 6.03 Å². The molecule has 1 saturated heterocycles. The van der Waals surface area contributed by atoms with E-state index in [2.05, 4.69) is 20.6 Å². The van der Waals surface area contributed by atoms with Crippen LogP contribution in [0.2, 0.25) is 0 Å². The lowest BCUT2D eigenvalue weighted by molar-refractivity contribution is 0.142. The SMILES string of the molecule is COCC(NC(=O)N1CCC(Cc2noc(C)n2)CC1)c1ccnn1C. The molecule has 2 aromatic heterocycles. The second-order valence-corrected chi connectivity index (χ2v) is 6.70. The first kappa shape index (κ1) is 18.4. The van der Waals surface area contributed by atoms with Gasteiger partial charge in [-0.25, -0.2) is 4.79 Å². The highest BCUT2D eigenvalue weighted by Crippen LogP contribution is 2.21. The molecule has 0 aromatic carbocycles. The highest BCUT2D eigenvalue weighted by atomic mass is 16.5. The van der Waals surface area contributed by atoms with Gasteiger partial charge in [-0.05, 0) is 24.8 Å². The molecule has 3 heterocycles. The zero-order chi connectivity index (χ0) is 18.5. The van der Waals surface area contributed by atoms with E-state index in [-0.39, 0.29) is 12.1 Å². The quantitative estimate of drug-likeness (QED) is 0.835. The average Bonchev–Trinajstić information content (AvgIpc) is 3.23. The van der Waals surface area contributed by atoms with Crippen molar-refractivity contribution in [3.63, 3.8) is 0 Å². The summed E-state index contributed by atoms with van der Waals surface area (Å²) in [6, 6.07) is 1.60. The number of ether oxygens (including phenoxy) is 1. The number of nitrogens with zero attached hydrogens (tertiary/aromatic N) is 5. The summed E-state index contributed by atoms with van der Waals surface area (Å²) in [6.07, 6.45) is 4.38. The van der Waals surface area contributed by atoms with Gasteiger partial charge in [0.1, 0.15) is 0 Å². The molecule has 0 spiro atoms. The molecule has 1 fully saturated rings. The van der Waals surface area contributed by atoms with Crippen LogP contribution in [0.5, 0.6) is 0 Å². The predicted molar refractivity (Wildman–Crippen MR) is 93.4 cm³/mol. The van der Waals surface area contributed by atoms with Crippen molar-refractivity contribution in [3.05, 3.63) is 29.7 Å². The third-order valence-corrected chi connectivity index (χ3v) is 4.79. The maximum Gasteiger partial charge on any atom is 0.318 e. The molecule has 0 saturated carbocycles. The monoisotopic (exact) mass is 362 g/mol. The molecule has 2 amide bonds. The van der Waals surface area contributed by atoms with E-state index in [9.17, 15) is 4.79 Å². The topological polar surface area (TPSA) is 98.3 Å². The summed E-state index contributed by atoms with van der Waals surface area (Å²) in [4.78, 5) is 18.8. The van der Waals surface area contributed by atoms with E-state index < -0.39 is 0 Å².